The Balaban J connectivity index is 0.708. The minimum absolute atomic E-state index is 0.0144. The number of ether oxygens (including phenoxy) is 8. The second-order valence-corrected chi connectivity index (χ2v) is 26.8. The summed E-state index contributed by atoms with van der Waals surface area (Å²) in [5.74, 6) is -3.92. The number of hydrogen-bond donors (Lipinski definition) is 2. The fourth-order valence-electron chi connectivity index (χ4n) is 16.3. The summed E-state index contributed by atoms with van der Waals surface area (Å²) in [6.07, 6.45) is -2.95. The summed E-state index contributed by atoms with van der Waals surface area (Å²) < 4.78 is 49.1. The molecule has 0 aromatic heterocycles. The minimum atomic E-state index is -1.40. The van der Waals surface area contributed by atoms with E-state index in [9.17, 15) is 43.8 Å². The molecule has 2 N–H and O–H groups in total. The Morgan fingerprint density at radius 1 is 0.560 bits per heavy atom. The third kappa shape index (κ3) is 14.3. The van der Waals surface area contributed by atoms with Crippen LogP contribution in [0.5, 0.6) is 0 Å². The van der Waals surface area contributed by atoms with Gasteiger partial charge in [-0.1, -0.05) is 119 Å². The molecular formula is C74H84O17. The third-order valence-corrected chi connectivity index (χ3v) is 21.3. The molecule has 0 spiro atoms. The molecule has 0 amide bonds. The zero-order valence-electron chi connectivity index (χ0n) is 52.2. The highest BCUT2D eigenvalue weighted by atomic mass is 16.7. The fourth-order valence-corrected chi connectivity index (χ4v) is 16.3. The molecular weight excluding hydrogens is 1160 g/mol. The highest BCUT2D eigenvalue weighted by molar-refractivity contribution is 5.93. The molecule has 0 bridgehead atoms. The monoisotopic (exact) mass is 1240 g/mol. The Labute approximate surface area is 531 Å². The van der Waals surface area contributed by atoms with Gasteiger partial charge in [-0.05, 0) is 159 Å². The SMILES string of the molecule is C[C@@H](CCC(=O)[C@@H](C)C1C(=O)CC2C3CCC4CC(O[C@@H]5CC(COC(=O)c6ccccc6)[C@H](O)C(OC(=O)c6ccccc6)C5O)CCC4(C)C3CCC21C)CO[C@@H]1OC[C@@H](OC(=O)c2ccccc2)C(OC(=O)c2ccccc2)C1OC(=O)c1ccccc1. The van der Waals surface area contributed by atoms with Crippen LogP contribution in [0, 0.1) is 58.2 Å². The van der Waals surface area contributed by atoms with Crippen LogP contribution in [0.4, 0.5) is 0 Å². The number of benzene rings is 5. The Morgan fingerprint density at radius 2 is 1.07 bits per heavy atom. The van der Waals surface area contributed by atoms with Gasteiger partial charge >= 0.3 is 29.8 Å². The molecule has 11 rings (SSSR count). The molecule has 5 aliphatic carbocycles. The van der Waals surface area contributed by atoms with Crippen LogP contribution in [-0.4, -0.2) is 127 Å². The largest absolute Gasteiger partial charge is 0.462 e. The molecule has 0 radical (unpaired) electrons. The van der Waals surface area contributed by atoms with Crippen LogP contribution in [0.3, 0.4) is 0 Å². The second kappa shape index (κ2) is 28.6. The number of Topliss-reactive ketones (excluding diaryl/α,β-unsaturated/α-hetero) is 2. The van der Waals surface area contributed by atoms with E-state index in [2.05, 4.69) is 13.8 Å². The van der Waals surface area contributed by atoms with Gasteiger partial charge < -0.3 is 48.1 Å². The Kier molecular flexibility index (Phi) is 20.5. The number of hydrogen-bond acceptors (Lipinski definition) is 17. The van der Waals surface area contributed by atoms with E-state index < -0.39 is 96.6 Å². The van der Waals surface area contributed by atoms with Gasteiger partial charge in [0.15, 0.2) is 30.7 Å². The molecule has 17 heteroatoms. The average molecular weight is 1250 g/mol. The first kappa shape index (κ1) is 65.1. The normalized spacial score (nSPS) is 32.5. The molecule has 5 aromatic carbocycles. The second-order valence-electron chi connectivity index (χ2n) is 26.8. The summed E-state index contributed by atoms with van der Waals surface area (Å²) >= 11 is 0. The van der Waals surface area contributed by atoms with Crippen molar-refractivity contribution in [3.8, 4) is 0 Å². The lowest BCUT2D eigenvalue weighted by atomic mass is 9.44. The zero-order valence-corrected chi connectivity index (χ0v) is 52.2. The smallest absolute Gasteiger partial charge is 0.338 e. The topological polar surface area (TPSA) is 234 Å². The van der Waals surface area contributed by atoms with Crippen molar-refractivity contribution in [3.05, 3.63) is 179 Å². The van der Waals surface area contributed by atoms with Crippen LogP contribution < -0.4 is 0 Å². The van der Waals surface area contributed by atoms with E-state index in [1.165, 1.54) is 0 Å². The molecule has 6 aliphatic rings. The maximum Gasteiger partial charge on any atom is 0.338 e. The third-order valence-electron chi connectivity index (χ3n) is 21.3. The summed E-state index contributed by atoms with van der Waals surface area (Å²) in [4.78, 5) is 96.4. The van der Waals surface area contributed by atoms with Crippen molar-refractivity contribution in [1.29, 1.82) is 0 Å². The van der Waals surface area contributed by atoms with Crippen molar-refractivity contribution < 1.29 is 81.7 Å². The molecule has 5 saturated carbocycles. The Hall–Kier alpha value is -7.41. The number of aliphatic hydroxyl groups excluding tert-OH is 2. The molecule has 482 valence electrons. The van der Waals surface area contributed by atoms with Gasteiger partial charge in [0, 0.05) is 30.6 Å². The molecule has 1 aliphatic heterocycles. The lowest BCUT2D eigenvalue weighted by Gasteiger charge is -2.61. The van der Waals surface area contributed by atoms with Crippen LogP contribution in [0.2, 0.25) is 0 Å². The predicted molar refractivity (Wildman–Crippen MR) is 332 cm³/mol. The van der Waals surface area contributed by atoms with Gasteiger partial charge in [-0.3, -0.25) is 9.59 Å². The van der Waals surface area contributed by atoms with E-state index >= 15 is 0 Å². The molecule has 6 fully saturated rings. The standard InChI is InChI=1S/C74H84O17/c1-44(41-85-72-66(91-71(83)50-28-18-9-19-29-50)64(89-69(81)48-24-14-7-15-25-48)60(43-86-72)88-68(80)47-22-12-6-13-23-47)30-33-57(75)45(2)61-58(76)40-56-54-32-31-52-39-53(34-36-73(52,3)55(54)35-37-74(56,61)4)87-59-38-51(42-84-67(79)46-20-10-5-11-21-46)62(77)65(63(59)78)90-70(82)49-26-16-8-17-27-49/h5-29,44-45,51-56,59-66,72,77-78H,30-43H2,1-4H3/t44-,45+,51?,52?,53?,54?,55?,56?,59+,60+,61?,62-,63?,64?,65?,66?,72+,73?,74?/m0/s1. The maximum atomic E-state index is 14.5. The van der Waals surface area contributed by atoms with E-state index in [0.717, 1.165) is 44.9 Å². The lowest BCUT2D eigenvalue weighted by Crippen LogP contribution is -2.58. The number of esters is 5. The van der Waals surface area contributed by atoms with Gasteiger partial charge in [-0.15, -0.1) is 0 Å². The van der Waals surface area contributed by atoms with E-state index in [4.69, 9.17) is 37.9 Å². The Morgan fingerprint density at radius 3 is 1.63 bits per heavy atom. The van der Waals surface area contributed by atoms with Crippen molar-refractivity contribution in [2.24, 2.45) is 58.2 Å². The summed E-state index contributed by atoms with van der Waals surface area (Å²) in [5, 5.41) is 23.5. The number of ketones is 2. The molecule has 1 heterocycles. The van der Waals surface area contributed by atoms with Gasteiger partial charge in [-0.25, -0.2) is 24.0 Å². The first-order valence-electron chi connectivity index (χ1n) is 32.5. The average Bonchev–Trinajstić information content (AvgIpc) is 1.66. The van der Waals surface area contributed by atoms with Crippen LogP contribution in [0.25, 0.3) is 0 Å². The van der Waals surface area contributed by atoms with Gasteiger partial charge in [0.25, 0.3) is 0 Å². The van der Waals surface area contributed by atoms with E-state index in [1.807, 2.05) is 13.8 Å². The fraction of sp³-hybridized carbons (Fsp3) is 0.500. The summed E-state index contributed by atoms with van der Waals surface area (Å²) in [6.45, 7) is 8.15. The molecule has 91 heavy (non-hydrogen) atoms. The number of rotatable bonds is 21. The van der Waals surface area contributed by atoms with Crippen molar-refractivity contribution in [3.63, 3.8) is 0 Å². The molecule has 17 nitrogen and oxygen atoms in total. The first-order chi connectivity index (χ1) is 43.9. The van der Waals surface area contributed by atoms with Crippen molar-refractivity contribution >= 4 is 41.4 Å². The molecule has 13 unspecified atom stereocenters. The molecule has 19 atom stereocenters. The van der Waals surface area contributed by atoms with Crippen LogP contribution >= 0.6 is 0 Å². The van der Waals surface area contributed by atoms with E-state index in [-0.39, 0.29) is 95.3 Å². The number of aliphatic hydroxyl groups is 2. The molecule has 5 aromatic rings. The van der Waals surface area contributed by atoms with E-state index in [0.29, 0.717) is 36.2 Å². The van der Waals surface area contributed by atoms with Gasteiger partial charge in [-0.2, -0.15) is 0 Å². The number of carbonyl (C=O) groups excluding carboxylic acids is 7. The van der Waals surface area contributed by atoms with E-state index in [1.54, 1.807) is 152 Å². The van der Waals surface area contributed by atoms with Crippen LogP contribution in [0.15, 0.2) is 152 Å². The zero-order chi connectivity index (χ0) is 64.0. The summed E-state index contributed by atoms with van der Waals surface area (Å²) in [6, 6.07) is 41.9. The van der Waals surface area contributed by atoms with Crippen molar-refractivity contribution in [2.45, 2.75) is 153 Å². The Bertz CT molecular complexity index is 3330. The number of carbonyl (C=O) groups is 7. The lowest BCUT2D eigenvalue weighted by molar-refractivity contribution is -0.270. The maximum absolute atomic E-state index is 14.5. The quantitative estimate of drug-likeness (QED) is 0.0513. The number of fused-ring (bicyclic) bond motifs is 5. The molecule has 1 saturated heterocycles. The predicted octanol–water partition coefficient (Wildman–Crippen LogP) is 11.1. The summed E-state index contributed by atoms with van der Waals surface area (Å²) in [7, 11) is 0. The van der Waals surface area contributed by atoms with Crippen LogP contribution in [-0.2, 0) is 47.5 Å². The highest BCUT2D eigenvalue weighted by Crippen LogP contribution is 2.68. The highest BCUT2D eigenvalue weighted by Gasteiger charge is 2.64. The van der Waals surface area contributed by atoms with Crippen LogP contribution in [0.1, 0.15) is 150 Å². The van der Waals surface area contributed by atoms with Gasteiger partial charge in [0.2, 0.25) is 0 Å². The van der Waals surface area contributed by atoms with Gasteiger partial charge in [0.1, 0.15) is 17.7 Å². The first-order valence-corrected chi connectivity index (χ1v) is 32.5. The summed E-state index contributed by atoms with van der Waals surface area (Å²) in [5.41, 5.74) is 0.963. The minimum Gasteiger partial charge on any atom is -0.462 e. The van der Waals surface area contributed by atoms with Gasteiger partial charge in [0.05, 0.1) is 65.9 Å². The van der Waals surface area contributed by atoms with Crippen molar-refractivity contribution in [1.82, 2.24) is 0 Å². The van der Waals surface area contributed by atoms with Crippen molar-refractivity contribution in [2.75, 3.05) is 19.8 Å².